The first-order valence-corrected chi connectivity index (χ1v) is 7.95. The number of piperazine rings is 1. The monoisotopic (exact) mass is 312 g/mol. The average Bonchev–Trinajstić information content (AvgIpc) is 2.51. The van der Waals surface area contributed by atoms with E-state index in [1.807, 2.05) is 6.92 Å². The van der Waals surface area contributed by atoms with Crippen molar-refractivity contribution >= 4 is 18.1 Å². The lowest BCUT2D eigenvalue weighted by Crippen LogP contribution is -2.48. The summed E-state index contributed by atoms with van der Waals surface area (Å²) in [5.74, 6) is -0.0381. The highest BCUT2D eigenvalue weighted by atomic mass is 16.2. The summed E-state index contributed by atoms with van der Waals surface area (Å²) < 4.78 is 0. The Hall–Kier alpha value is -1.47. The number of nitrogens with zero attached hydrogens (tertiary/aromatic N) is 3. The molecular formula is C15H28N4O3. The number of nitrogens with one attached hydrogen (secondary N) is 1. The Morgan fingerprint density at radius 2 is 1.91 bits per heavy atom. The standard InChI is InChI=1S/C15H28N4O3/c1-3-19(15(22)5-4-12-20)7-6-16-14(21)13-18-10-8-17(2)9-11-18/h12H,3-11,13H2,1-2H3,(H,16,21). The van der Waals surface area contributed by atoms with Crippen molar-refractivity contribution in [3.8, 4) is 0 Å². The Labute approximate surface area is 132 Å². The number of carbonyl (C=O) groups is 3. The second kappa shape index (κ2) is 10.3. The van der Waals surface area contributed by atoms with Gasteiger partial charge in [-0.05, 0) is 14.0 Å². The highest BCUT2D eigenvalue weighted by Gasteiger charge is 2.16. The maximum absolute atomic E-state index is 11.9. The maximum Gasteiger partial charge on any atom is 0.234 e. The van der Waals surface area contributed by atoms with Crippen molar-refractivity contribution in [1.82, 2.24) is 20.0 Å². The fourth-order valence-electron chi connectivity index (χ4n) is 2.39. The summed E-state index contributed by atoms with van der Waals surface area (Å²) in [6, 6.07) is 0. The minimum Gasteiger partial charge on any atom is -0.353 e. The van der Waals surface area contributed by atoms with Gasteiger partial charge in [0.05, 0.1) is 6.54 Å². The van der Waals surface area contributed by atoms with Crippen molar-refractivity contribution in [2.45, 2.75) is 19.8 Å². The SMILES string of the molecule is CCN(CCNC(=O)CN1CCN(C)CC1)C(=O)CCC=O. The molecule has 7 heteroatoms. The number of rotatable bonds is 9. The van der Waals surface area contributed by atoms with E-state index in [1.165, 1.54) is 0 Å². The fraction of sp³-hybridized carbons (Fsp3) is 0.800. The highest BCUT2D eigenvalue weighted by Crippen LogP contribution is 1.98. The van der Waals surface area contributed by atoms with Crippen LogP contribution in [0.4, 0.5) is 0 Å². The topological polar surface area (TPSA) is 73.0 Å². The smallest absolute Gasteiger partial charge is 0.234 e. The molecule has 0 aromatic rings. The summed E-state index contributed by atoms with van der Waals surface area (Å²) in [4.78, 5) is 40.0. The molecule has 1 fully saturated rings. The fourth-order valence-corrected chi connectivity index (χ4v) is 2.39. The van der Waals surface area contributed by atoms with Gasteiger partial charge in [0.15, 0.2) is 0 Å². The van der Waals surface area contributed by atoms with E-state index in [4.69, 9.17) is 0 Å². The van der Waals surface area contributed by atoms with E-state index in [2.05, 4.69) is 22.2 Å². The van der Waals surface area contributed by atoms with Gasteiger partial charge >= 0.3 is 0 Å². The number of hydrogen-bond acceptors (Lipinski definition) is 5. The van der Waals surface area contributed by atoms with Gasteiger partial charge in [0.1, 0.15) is 6.29 Å². The first kappa shape index (κ1) is 18.6. The number of carbonyl (C=O) groups excluding carboxylic acids is 3. The molecule has 0 spiro atoms. The third-order valence-electron chi connectivity index (χ3n) is 3.88. The molecule has 7 nitrogen and oxygen atoms in total. The molecule has 22 heavy (non-hydrogen) atoms. The summed E-state index contributed by atoms with van der Waals surface area (Å²) in [6.07, 6.45) is 1.25. The third-order valence-corrected chi connectivity index (χ3v) is 3.88. The van der Waals surface area contributed by atoms with Crippen LogP contribution in [0.5, 0.6) is 0 Å². The van der Waals surface area contributed by atoms with Gasteiger partial charge in [0.2, 0.25) is 11.8 Å². The minimum absolute atomic E-state index is 0.000877. The summed E-state index contributed by atoms with van der Waals surface area (Å²) in [5, 5.41) is 2.86. The lowest BCUT2D eigenvalue weighted by atomic mass is 10.3. The number of amides is 2. The van der Waals surface area contributed by atoms with Crippen LogP contribution in [0.2, 0.25) is 0 Å². The van der Waals surface area contributed by atoms with Gasteiger partial charge in [-0.3, -0.25) is 14.5 Å². The van der Waals surface area contributed by atoms with Crippen molar-refractivity contribution in [3.63, 3.8) is 0 Å². The largest absolute Gasteiger partial charge is 0.353 e. The second-order valence-corrected chi connectivity index (χ2v) is 5.61. The molecule has 2 amide bonds. The molecule has 1 aliphatic rings. The van der Waals surface area contributed by atoms with Crippen molar-refractivity contribution in [2.24, 2.45) is 0 Å². The Morgan fingerprint density at radius 1 is 1.23 bits per heavy atom. The van der Waals surface area contributed by atoms with Crippen molar-refractivity contribution in [3.05, 3.63) is 0 Å². The highest BCUT2D eigenvalue weighted by molar-refractivity contribution is 5.79. The van der Waals surface area contributed by atoms with Crippen LogP contribution in [0.1, 0.15) is 19.8 Å². The molecule has 0 aliphatic carbocycles. The molecule has 1 aliphatic heterocycles. The first-order valence-electron chi connectivity index (χ1n) is 7.95. The molecule has 0 saturated carbocycles. The molecule has 126 valence electrons. The number of hydrogen-bond donors (Lipinski definition) is 1. The van der Waals surface area contributed by atoms with Gasteiger partial charge in [-0.25, -0.2) is 0 Å². The molecule has 1 rings (SSSR count). The van der Waals surface area contributed by atoms with Crippen LogP contribution in [-0.4, -0.2) is 92.2 Å². The molecule has 0 unspecified atom stereocenters. The second-order valence-electron chi connectivity index (χ2n) is 5.61. The molecule has 0 atom stereocenters. The van der Waals surface area contributed by atoms with Gasteiger partial charge in [-0.1, -0.05) is 0 Å². The van der Waals surface area contributed by atoms with E-state index in [-0.39, 0.29) is 24.7 Å². The molecule has 1 saturated heterocycles. The quantitative estimate of drug-likeness (QED) is 0.563. The summed E-state index contributed by atoms with van der Waals surface area (Å²) >= 11 is 0. The van der Waals surface area contributed by atoms with Gasteiger partial charge in [-0.15, -0.1) is 0 Å². The molecular weight excluding hydrogens is 284 g/mol. The molecule has 0 radical (unpaired) electrons. The van der Waals surface area contributed by atoms with E-state index in [0.29, 0.717) is 26.2 Å². The van der Waals surface area contributed by atoms with E-state index >= 15 is 0 Å². The lowest BCUT2D eigenvalue weighted by molar-refractivity contribution is -0.132. The number of aldehydes is 1. The van der Waals surface area contributed by atoms with Crippen LogP contribution in [0.25, 0.3) is 0 Å². The van der Waals surface area contributed by atoms with E-state index < -0.39 is 0 Å². The van der Waals surface area contributed by atoms with Crippen molar-refractivity contribution in [1.29, 1.82) is 0 Å². The predicted molar refractivity (Wildman–Crippen MR) is 84.5 cm³/mol. The summed E-state index contributed by atoms with van der Waals surface area (Å²) in [5.41, 5.74) is 0. The van der Waals surface area contributed by atoms with Crippen LogP contribution in [0, 0.1) is 0 Å². The molecule has 0 aromatic carbocycles. The Morgan fingerprint density at radius 3 is 2.50 bits per heavy atom. The third kappa shape index (κ3) is 7.00. The van der Waals surface area contributed by atoms with Gasteiger partial charge in [0, 0.05) is 58.7 Å². The van der Waals surface area contributed by atoms with Crippen LogP contribution in [-0.2, 0) is 14.4 Å². The van der Waals surface area contributed by atoms with E-state index in [1.54, 1.807) is 4.90 Å². The normalized spacial score (nSPS) is 16.3. The molecule has 1 heterocycles. The Balaban J connectivity index is 2.19. The van der Waals surface area contributed by atoms with Crippen LogP contribution in [0.3, 0.4) is 0 Å². The van der Waals surface area contributed by atoms with Crippen molar-refractivity contribution < 1.29 is 14.4 Å². The van der Waals surface area contributed by atoms with E-state index in [9.17, 15) is 14.4 Å². The van der Waals surface area contributed by atoms with Gasteiger partial charge in [-0.2, -0.15) is 0 Å². The van der Waals surface area contributed by atoms with Crippen molar-refractivity contribution in [2.75, 3.05) is 59.4 Å². The Bertz CT molecular complexity index is 368. The maximum atomic E-state index is 11.9. The minimum atomic E-state index is -0.0390. The van der Waals surface area contributed by atoms with E-state index in [0.717, 1.165) is 32.5 Å². The van der Waals surface area contributed by atoms with Gasteiger partial charge < -0.3 is 19.9 Å². The zero-order chi connectivity index (χ0) is 16.4. The zero-order valence-electron chi connectivity index (χ0n) is 13.7. The molecule has 0 aromatic heterocycles. The zero-order valence-corrected chi connectivity index (χ0v) is 13.7. The predicted octanol–water partition coefficient (Wildman–Crippen LogP) is -0.822. The van der Waals surface area contributed by atoms with Crippen LogP contribution >= 0.6 is 0 Å². The van der Waals surface area contributed by atoms with Crippen LogP contribution < -0.4 is 5.32 Å². The summed E-state index contributed by atoms with van der Waals surface area (Å²) in [6.45, 7) is 7.64. The van der Waals surface area contributed by atoms with Gasteiger partial charge in [0.25, 0.3) is 0 Å². The molecule has 1 N–H and O–H groups in total. The number of likely N-dealkylation sites (N-methyl/N-ethyl adjacent to an activating group) is 2. The lowest BCUT2D eigenvalue weighted by Gasteiger charge is -2.31. The van der Waals surface area contributed by atoms with Crippen LogP contribution in [0.15, 0.2) is 0 Å². The first-order chi connectivity index (χ1) is 10.6. The Kier molecular flexibility index (Phi) is 8.69. The summed E-state index contributed by atoms with van der Waals surface area (Å²) in [7, 11) is 2.08. The average molecular weight is 312 g/mol. The molecule has 0 bridgehead atoms.